The van der Waals surface area contributed by atoms with Crippen LogP contribution in [0.15, 0.2) is 42.5 Å². The van der Waals surface area contributed by atoms with Gasteiger partial charge in [0.05, 0.1) is 16.6 Å². The molecular formula is C18H16Cl2N2O2. The van der Waals surface area contributed by atoms with E-state index < -0.39 is 5.92 Å². The van der Waals surface area contributed by atoms with Gasteiger partial charge in [0, 0.05) is 23.7 Å². The summed E-state index contributed by atoms with van der Waals surface area (Å²) in [4.78, 5) is 26.3. The number of nitrogens with one attached hydrogen (secondary N) is 1. The molecule has 24 heavy (non-hydrogen) atoms. The molecule has 1 aliphatic rings. The average Bonchev–Trinajstić information content (AvgIpc) is 2.89. The van der Waals surface area contributed by atoms with Crippen molar-refractivity contribution >= 4 is 46.4 Å². The Balaban J connectivity index is 1.73. The number of rotatable bonds is 3. The molecule has 4 nitrogen and oxygen atoms in total. The summed E-state index contributed by atoms with van der Waals surface area (Å²) in [5.74, 6) is -0.699. The lowest BCUT2D eigenvalue weighted by molar-refractivity contribution is -0.122. The number of aryl methyl sites for hydroxylation is 1. The Kier molecular flexibility index (Phi) is 4.78. The smallest absolute Gasteiger partial charge is 0.229 e. The number of anilines is 2. The second kappa shape index (κ2) is 6.83. The van der Waals surface area contributed by atoms with E-state index in [9.17, 15) is 9.59 Å². The van der Waals surface area contributed by atoms with Crippen molar-refractivity contribution in [2.45, 2.75) is 13.3 Å². The Hall–Kier alpha value is -2.04. The molecule has 124 valence electrons. The van der Waals surface area contributed by atoms with Gasteiger partial charge in [0.15, 0.2) is 0 Å². The molecule has 1 N–H and O–H groups in total. The maximum absolute atomic E-state index is 12.4. The molecule has 1 fully saturated rings. The summed E-state index contributed by atoms with van der Waals surface area (Å²) >= 11 is 12.1. The molecule has 1 unspecified atom stereocenters. The fourth-order valence-corrected chi connectivity index (χ4v) is 3.29. The number of nitrogens with zero attached hydrogens (tertiary/aromatic N) is 1. The van der Waals surface area contributed by atoms with E-state index in [1.165, 1.54) is 0 Å². The monoisotopic (exact) mass is 362 g/mol. The fraction of sp³-hybridized carbons (Fsp3) is 0.222. The Labute approximate surface area is 150 Å². The van der Waals surface area contributed by atoms with Crippen molar-refractivity contribution < 1.29 is 9.59 Å². The van der Waals surface area contributed by atoms with E-state index >= 15 is 0 Å². The van der Waals surface area contributed by atoms with Crippen LogP contribution in [-0.2, 0) is 9.59 Å². The van der Waals surface area contributed by atoms with Crippen molar-refractivity contribution in [2.24, 2.45) is 5.92 Å². The highest BCUT2D eigenvalue weighted by Gasteiger charge is 2.36. The Bertz CT molecular complexity index is 807. The molecule has 1 heterocycles. The van der Waals surface area contributed by atoms with Crippen LogP contribution in [0, 0.1) is 12.8 Å². The van der Waals surface area contributed by atoms with Crippen LogP contribution >= 0.6 is 23.2 Å². The quantitative estimate of drug-likeness (QED) is 0.884. The van der Waals surface area contributed by atoms with E-state index in [4.69, 9.17) is 23.2 Å². The molecular weight excluding hydrogens is 347 g/mol. The molecule has 2 amide bonds. The number of benzene rings is 2. The highest BCUT2D eigenvalue weighted by atomic mass is 35.5. The summed E-state index contributed by atoms with van der Waals surface area (Å²) in [7, 11) is 0. The van der Waals surface area contributed by atoms with E-state index in [-0.39, 0.29) is 18.2 Å². The largest absolute Gasteiger partial charge is 0.326 e. The molecule has 0 spiro atoms. The van der Waals surface area contributed by atoms with Crippen molar-refractivity contribution in [3.63, 3.8) is 0 Å². The van der Waals surface area contributed by atoms with Crippen LogP contribution < -0.4 is 10.2 Å². The number of carbonyl (C=O) groups is 2. The molecule has 2 aromatic carbocycles. The predicted molar refractivity (Wildman–Crippen MR) is 96.7 cm³/mol. The normalized spacial score (nSPS) is 17.2. The minimum atomic E-state index is -0.412. The molecule has 1 atom stereocenters. The third-order valence-electron chi connectivity index (χ3n) is 3.98. The van der Waals surface area contributed by atoms with Crippen LogP contribution in [-0.4, -0.2) is 18.4 Å². The summed E-state index contributed by atoms with van der Waals surface area (Å²) in [5, 5.41) is 3.77. The standard InChI is InChI=1S/C18H16Cl2N2O2/c1-11-3-2-4-14(7-11)21-18(24)12-8-17(23)22(10-12)16-6-5-13(19)9-15(16)20/h2-7,9,12H,8,10H2,1H3,(H,21,24). The molecule has 1 aliphatic heterocycles. The van der Waals surface area contributed by atoms with Gasteiger partial charge in [-0.05, 0) is 42.8 Å². The first kappa shape index (κ1) is 16.8. The van der Waals surface area contributed by atoms with E-state index in [0.29, 0.717) is 22.3 Å². The van der Waals surface area contributed by atoms with Gasteiger partial charge in [-0.15, -0.1) is 0 Å². The van der Waals surface area contributed by atoms with E-state index in [0.717, 1.165) is 11.3 Å². The van der Waals surface area contributed by atoms with Gasteiger partial charge in [0.25, 0.3) is 0 Å². The summed E-state index contributed by atoms with van der Waals surface area (Å²) in [6, 6.07) is 12.5. The van der Waals surface area contributed by atoms with Gasteiger partial charge in [-0.2, -0.15) is 0 Å². The van der Waals surface area contributed by atoms with Crippen LogP contribution in [0.5, 0.6) is 0 Å². The molecule has 1 saturated heterocycles. The van der Waals surface area contributed by atoms with Gasteiger partial charge in [-0.1, -0.05) is 35.3 Å². The first-order chi connectivity index (χ1) is 11.4. The molecule has 2 aromatic rings. The van der Waals surface area contributed by atoms with Gasteiger partial charge in [0.1, 0.15) is 0 Å². The van der Waals surface area contributed by atoms with Gasteiger partial charge < -0.3 is 10.2 Å². The van der Waals surface area contributed by atoms with Crippen LogP contribution in [0.3, 0.4) is 0 Å². The highest BCUT2D eigenvalue weighted by molar-refractivity contribution is 6.36. The Morgan fingerprint density at radius 3 is 2.71 bits per heavy atom. The zero-order chi connectivity index (χ0) is 17.3. The number of hydrogen-bond donors (Lipinski definition) is 1. The Morgan fingerprint density at radius 1 is 1.21 bits per heavy atom. The lowest BCUT2D eigenvalue weighted by atomic mass is 10.1. The minimum Gasteiger partial charge on any atom is -0.326 e. The molecule has 0 saturated carbocycles. The third kappa shape index (κ3) is 3.55. The van der Waals surface area contributed by atoms with Crippen molar-refractivity contribution in [3.05, 3.63) is 58.1 Å². The molecule has 3 rings (SSSR count). The van der Waals surface area contributed by atoms with Gasteiger partial charge in [0.2, 0.25) is 11.8 Å². The van der Waals surface area contributed by atoms with Gasteiger partial charge >= 0.3 is 0 Å². The van der Waals surface area contributed by atoms with Crippen LogP contribution in [0.1, 0.15) is 12.0 Å². The van der Waals surface area contributed by atoms with Crippen molar-refractivity contribution in [1.82, 2.24) is 0 Å². The van der Waals surface area contributed by atoms with Crippen LogP contribution in [0.4, 0.5) is 11.4 Å². The maximum Gasteiger partial charge on any atom is 0.229 e. The average molecular weight is 363 g/mol. The topological polar surface area (TPSA) is 49.4 Å². The molecule has 6 heteroatoms. The summed E-state index contributed by atoms with van der Waals surface area (Å²) in [6.07, 6.45) is 0.163. The fourth-order valence-electron chi connectivity index (χ4n) is 2.78. The second-order valence-electron chi connectivity index (χ2n) is 5.86. The van der Waals surface area contributed by atoms with Gasteiger partial charge in [-0.25, -0.2) is 0 Å². The van der Waals surface area contributed by atoms with Crippen molar-refractivity contribution in [2.75, 3.05) is 16.8 Å². The van der Waals surface area contributed by atoms with Crippen LogP contribution in [0.25, 0.3) is 0 Å². The number of hydrogen-bond acceptors (Lipinski definition) is 2. The van der Waals surface area contributed by atoms with E-state index in [1.807, 2.05) is 31.2 Å². The Morgan fingerprint density at radius 2 is 2.00 bits per heavy atom. The highest BCUT2D eigenvalue weighted by Crippen LogP contribution is 2.33. The summed E-state index contributed by atoms with van der Waals surface area (Å²) < 4.78 is 0. The van der Waals surface area contributed by atoms with E-state index in [1.54, 1.807) is 23.1 Å². The predicted octanol–water partition coefficient (Wildman–Crippen LogP) is 4.29. The maximum atomic E-state index is 12.4. The SMILES string of the molecule is Cc1cccc(NC(=O)C2CC(=O)N(c3ccc(Cl)cc3Cl)C2)c1. The van der Waals surface area contributed by atoms with E-state index in [2.05, 4.69) is 5.32 Å². The molecule has 0 aromatic heterocycles. The van der Waals surface area contributed by atoms with Crippen molar-refractivity contribution in [3.8, 4) is 0 Å². The zero-order valence-electron chi connectivity index (χ0n) is 13.1. The lowest BCUT2D eigenvalue weighted by Crippen LogP contribution is -2.28. The minimum absolute atomic E-state index is 0.122. The summed E-state index contributed by atoms with van der Waals surface area (Å²) in [5.41, 5.74) is 2.37. The number of halogens is 2. The molecule has 0 aliphatic carbocycles. The molecule has 0 radical (unpaired) electrons. The first-order valence-corrected chi connectivity index (χ1v) is 8.32. The number of carbonyl (C=O) groups excluding carboxylic acids is 2. The third-order valence-corrected chi connectivity index (χ3v) is 4.52. The first-order valence-electron chi connectivity index (χ1n) is 7.57. The van der Waals surface area contributed by atoms with Gasteiger partial charge in [-0.3, -0.25) is 9.59 Å². The second-order valence-corrected chi connectivity index (χ2v) is 6.70. The lowest BCUT2D eigenvalue weighted by Gasteiger charge is -2.18. The molecule has 0 bridgehead atoms. The number of amides is 2. The zero-order valence-corrected chi connectivity index (χ0v) is 14.6. The van der Waals surface area contributed by atoms with Crippen molar-refractivity contribution in [1.29, 1.82) is 0 Å². The summed E-state index contributed by atoms with van der Waals surface area (Å²) in [6.45, 7) is 2.26. The van der Waals surface area contributed by atoms with Crippen LogP contribution in [0.2, 0.25) is 10.0 Å².